The molecule has 0 bridgehead atoms. The summed E-state index contributed by atoms with van der Waals surface area (Å²) in [6, 6.07) is 13.6. The molecule has 0 aromatic heterocycles. The lowest BCUT2D eigenvalue weighted by atomic mass is 9.74. The van der Waals surface area contributed by atoms with Crippen LogP contribution in [0.1, 0.15) is 71.3 Å². The summed E-state index contributed by atoms with van der Waals surface area (Å²) in [5, 5.41) is 34.9. The van der Waals surface area contributed by atoms with Gasteiger partial charge in [0.15, 0.2) is 5.72 Å². The Hall–Kier alpha value is -3.01. The first-order valence-corrected chi connectivity index (χ1v) is 14.2. The molecule has 3 aromatic rings. The lowest BCUT2D eigenvalue weighted by Gasteiger charge is -2.40. The van der Waals surface area contributed by atoms with E-state index >= 15 is 4.39 Å². The average Bonchev–Trinajstić information content (AvgIpc) is 3.19. The Bertz CT molecular complexity index is 1460. The lowest BCUT2D eigenvalue weighted by molar-refractivity contribution is -0.140. The van der Waals surface area contributed by atoms with Gasteiger partial charge in [-0.05, 0) is 72.7 Å². The Morgan fingerprint density at radius 3 is 2.24 bits per heavy atom. The van der Waals surface area contributed by atoms with Gasteiger partial charge < -0.3 is 20.1 Å². The van der Waals surface area contributed by atoms with Gasteiger partial charge >= 0.3 is 5.97 Å². The van der Waals surface area contributed by atoms with E-state index in [1.54, 1.807) is 31.2 Å². The molecule has 10 heteroatoms. The van der Waals surface area contributed by atoms with E-state index in [-0.39, 0.29) is 34.6 Å². The quantitative estimate of drug-likeness (QED) is 0.291. The smallest absolute Gasteiger partial charge is 0.305 e. The zero-order valence-electron chi connectivity index (χ0n) is 22.3. The van der Waals surface area contributed by atoms with Crippen LogP contribution in [0.2, 0.25) is 10.0 Å². The van der Waals surface area contributed by atoms with Crippen LogP contribution in [0.4, 0.5) is 4.39 Å². The second kappa shape index (κ2) is 11.3. The van der Waals surface area contributed by atoms with Gasteiger partial charge in [0.25, 0.3) is 5.91 Å². The van der Waals surface area contributed by atoms with Crippen molar-refractivity contribution in [3.8, 4) is 0 Å². The molecule has 0 aliphatic carbocycles. The molecule has 1 saturated heterocycles. The largest absolute Gasteiger partial charge is 0.481 e. The van der Waals surface area contributed by atoms with Gasteiger partial charge in [-0.3, -0.25) is 14.5 Å². The highest BCUT2D eigenvalue weighted by Crippen LogP contribution is 2.50. The zero-order chi connectivity index (χ0) is 29.5. The molecule has 41 heavy (non-hydrogen) atoms. The molecule has 7 nitrogen and oxygen atoms in total. The normalized spacial score (nSPS) is 21.4. The standard InChI is InChI=1S/C31H30Cl2FNO6/c1-2-30(39,19-11-13-41-14-12-19)21-15-24-28(25(34)16-21)31(40,20-5-9-23(33)10-6-20)35(29(24)38)26(17-27(36)37)18-3-7-22(32)8-4-18/h3-10,15-16,19,26,39-40H,2,11-14,17H2,1H3,(H,36,37)/t26-,30?,31?/m0/s1. The third-order valence-corrected chi connectivity index (χ3v) is 8.86. The van der Waals surface area contributed by atoms with Gasteiger partial charge in [-0.1, -0.05) is 54.4 Å². The number of benzene rings is 3. The Morgan fingerprint density at radius 2 is 1.68 bits per heavy atom. The van der Waals surface area contributed by atoms with Crippen LogP contribution in [-0.4, -0.2) is 45.3 Å². The number of amides is 1. The maximum Gasteiger partial charge on any atom is 0.305 e. The van der Waals surface area contributed by atoms with Crippen molar-refractivity contribution in [1.82, 2.24) is 4.90 Å². The Labute approximate surface area is 247 Å². The van der Waals surface area contributed by atoms with Gasteiger partial charge in [-0.2, -0.15) is 0 Å². The summed E-state index contributed by atoms with van der Waals surface area (Å²) in [5.74, 6) is -3.12. The van der Waals surface area contributed by atoms with Crippen molar-refractivity contribution in [3.05, 3.63) is 104 Å². The van der Waals surface area contributed by atoms with Crippen molar-refractivity contribution >= 4 is 35.1 Å². The van der Waals surface area contributed by atoms with E-state index in [0.717, 1.165) is 4.90 Å². The maximum absolute atomic E-state index is 16.3. The first kappa shape index (κ1) is 29.5. The van der Waals surface area contributed by atoms with Gasteiger partial charge in [-0.25, -0.2) is 4.39 Å². The molecule has 0 spiro atoms. The van der Waals surface area contributed by atoms with Crippen molar-refractivity contribution < 1.29 is 34.0 Å². The number of carboxylic acid groups (broad SMARTS) is 1. The summed E-state index contributed by atoms with van der Waals surface area (Å²) in [6.07, 6.45) is 0.818. The molecule has 1 amide bonds. The van der Waals surface area contributed by atoms with Crippen molar-refractivity contribution in [2.75, 3.05) is 13.2 Å². The maximum atomic E-state index is 16.3. The number of carbonyl (C=O) groups is 2. The minimum Gasteiger partial charge on any atom is -0.481 e. The number of halogens is 3. The number of nitrogens with zero attached hydrogens (tertiary/aromatic N) is 1. The molecule has 1 fully saturated rings. The van der Waals surface area contributed by atoms with Gasteiger partial charge in [0, 0.05) is 28.8 Å². The second-order valence-electron chi connectivity index (χ2n) is 10.6. The molecule has 5 rings (SSSR count). The second-order valence-corrected chi connectivity index (χ2v) is 11.4. The lowest BCUT2D eigenvalue weighted by Crippen LogP contribution is -2.47. The van der Waals surface area contributed by atoms with Gasteiger partial charge in [0.1, 0.15) is 5.82 Å². The minimum absolute atomic E-state index is 0.125. The summed E-state index contributed by atoms with van der Waals surface area (Å²) in [7, 11) is 0. The number of aliphatic carboxylic acids is 1. The first-order valence-electron chi connectivity index (χ1n) is 13.4. The molecule has 0 saturated carbocycles. The number of rotatable bonds is 8. The summed E-state index contributed by atoms with van der Waals surface area (Å²) >= 11 is 12.2. The average molecular weight is 602 g/mol. The molecule has 2 heterocycles. The van der Waals surface area contributed by atoms with E-state index in [0.29, 0.717) is 41.7 Å². The Balaban J connectivity index is 1.73. The number of hydrogen-bond donors (Lipinski definition) is 3. The Kier molecular flexibility index (Phi) is 8.16. The van der Waals surface area contributed by atoms with Crippen LogP contribution in [-0.2, 0) is 20.9 Å². The summed E-state index contributed by atoms with van der Waals surface area (Å²) in [6.45, 7) is 2.71. The highest BCUT2D eigenvalue weighted by Gasteiger charge is 2.55. The molecule has 2 aliphatic rings. The monoisotopic (exact) mass is 601 g/mol. The van der Waals surface area contributed by atoms with Crippen molar-refractivity contribution in [2.45, 2.75) is 50.0 Å². The molecule has 0 radical (unpaired) electrons. The molecular weight excluding hydrogens is 572 g/mol. The van der Waals surface area contributed by atoms with Gasteiger partial charge in [-0.15, -0.1) is 0 Å². The van der Waals surface area contributed by atoms with Crippen LogP contribution in [0.3, 0.4) is 0 Å². The summed E-state index contributed by atoms with van der Waals surface area (Å²) in [4.78, 5) is 27.3. The van der Waals surface area contributed by atoms with E-state index in [1.165, 1.54) is 36.4 Å². The third kappa shape index (κ3) is 5.13. The van der Waals surface area contributed by atoms with Crippen LogP contribution in [0, 0.1) is 11.7 Å². The zero-order valence-corrected chi connectivity index (χ0v) is 23.8. The van der Waals surface area contributed by atoms with Crippen molar-refractivity contribution in [1.29, 1.82) is 0 Å². The SMILES string of the molecule is CCC(O)(c1cc(F)c2c(c1)C(=O)N([C@@H](CC(=O)O)c1ccc(Cl)cc1)C2(O)c1ccc(Cl)cc1)C1CCOCC1. The molecular formula is C31H30Cl2FNO6. The number of fused-ring (bicyclic) bond motifs is 1. The topological polar surface area (TPSA) is 107 Å². The predicted octanol–water partition coefficient (Wildman–Crippen LogP) is 6.02. The number of hydrogen-bond acceptors (Lipinski definition) is 5. The fraction of sp³-hybridized carbons (Fsp3) is 0.355. The molecule has 3 aromatic carbocycles. The fourth-order valence-corrected chi connectivity index (χ4v) is 6.47. The van der Waals surface area contributed by atoms with E-state index in [4.69, 9.17) is 27.9 Å². The van der Waals surface area contributed by atoms with Crippen LogP contribution in [0.25, 0.3) is 0 Å². The molecule has 3 atom stereocenters. The minimum atomic E-state index is -2.39. The third-order valence-electron chi connectivity index (χ3n) is 8.35. The van der Waals surface area contributed by atoms with Gasteiger partial charge in [0.05, 0.1) is 29.2 Å². The van der Waals surface area contributed by atoms with Crippen LogP contribution in [0.15, 0.2) is 60.7 Å². The van der Waals surface area contributed by atoms with Crippen LogP contribution < -0.4 is 0 Å². The van der Waals surface area contributed by atoms with Gasteiger partial charge in [0.2, 0.25) is 0 Å². The molecule has 216 valence electrons. The van der Waals surface area contributed by atoms with E-state index in [1.807, 2.05) is 0 Å². The fourth-order valence-electron chi connectivity index (χ4n) is 6.22. The van der Waals surface area contributed by atoms with Crippen molar-refractivity contribution in [2.24, 2.45) is 5.92 Å². The molecule has 3 N–H and O–H groups in total. The van der Waals surface area contributed by atoms with Crippen molar-refractivity contribution in [3.63, 3.8) is 0 Å². The Morgan fingerprint density at radius 1 is 1.10 bits per heavy atom. The molecule has 2 unspecified atom stereocenters. The number of carbonyl (C=O) groups excluding carboxylic acids is 1. The van der Waals surface area contributed by atoms with Crippen LogP contribution >= 0.6 is 23.2 Å². The first-order chi connectivity index (χ1) is 19.5. The highest BCUT2D eigenvalue weighted by molar-refractivity contribution is 6.30. The van der Waals surface area contributed by atoms with E-state index < -0.39 is 41.5 Å². The number of aliphatic hydroxyl groups is 2. The van der Waals surface area contributed by atoms with E-state index in [9.17, 15) is 24.9 Å². The number of ether oxygens (including phenoxy) is 1. The highest BCUT2D eigenvalue weighted by atomic mass is 35.5. The summed E-state index contributed by atoms with van der Waals surface area (Å²) < 4.78 is 21.8. The molecule has 2 aliphatic heterocycles. The summed E-state index contributed by atoms with van der Waals surface area (Å²) in [5.41, 5.74) is -3.56. The predicted molar refractivity (Wildman–Crippen MR) is 151 cm³/mol. The van der Waals surface area contributed by atoms with Crippen LogP contribution in [0.5, 0.6) is 0 Å². The number of carboxylic acids is 1. The van der Waals surface area contributed by atoms with E-state index in [2.05, 4.69) is 0 Å².